The summed E-state index contributed by atoms with van der Waals surface area (Å²) >= 11 is 1.32. The highest BCUT2D eigenvalue weighted by Crippen LogP contribution is 2.14. The van der Waals surface area contributed by atoms with Gasteiger partial charge in [0.15, 0.2) is 0 Å². The first-order chi connectivity index (χ1) is 8.78. The summed E-state index contributed by atoms with van der Waals surface area (Å²) in [6.07, 6.45) is 1.45. The van der Waals surface area contributed by atoms with E-state index in [1.54, 1.807) is 6.07 Å². The molecule has 0 aliphatic rings. The van der Waals surface area contributed by atoms with Crippen molar-refractivity contribution >= 4 is 16.7 Å². The molecule has 0 fully saturated rings. The van der Waals surface area contributed by atoms with Crippen LogP contribution in [0.25, 0.3) is 0 Å². The fourth-order valence-electron chi connectivity index (χ4n) is 1.52. The zero-order chi connectivity index (χ0) is 12.8. The lowest BCUT2D eigenvalue weighted by atomic mass is 10.1. The lowest BCUT2D eigenvalue weighted by Gasteiger charge is -1.99. The minimum Gasteiger partial charge on any atom is -0.360 e. The second-order valence-corrected chi connectivity index (χ2v) is 4.64. The quantitative estimate of drug-likeness (QED) is 0.785. The predicted molar refractivity (Wildman–Crippen MR) is 71.3 cm³/mol. The number of nitrogens with zero attached hydrogens (tertiary/aromatic N) is 2. The molecule has 3 N–H and O–H groups in total. The monoisotopic (exact) mass is 266 g/mol. The number of anilines is 1. The van der Waals surface area contributed by atoms with Crippen molar-refractivity contribution in [3.05, 3.63) is 41.5 Å². The maximum absolute atomic E-state index is 13.0. The van der Waals surface area contributed by atoms with E-state index in [0.29, 0.717) is 18.8 Å². The molecular weight excluding hydrogens is 251 g/mol. The third-order valence-corrected chi connectivity index (χ3v) is 3.09. The Morgan fingerprint density at radius 1 is 1.39 bits per heavy atom. The lowest BCUT2D eigenvalue weighted by Crippen LogP contribution is -2.08. The molecule has 2 aromatic rings. The van der Waals surface area contributed by atoms with Crippen molar-refractivity contribution < 1.29 is 4.39 Å². The van der Waals surface area contributed by atoms with E-state index in [2.05, 4.69) is 14.7 Å². The molecule has 0 saturated carbocycles. The number of rotatable bonds is 6. The second kappa shape index (κ2) is 6.42. The van der Waals surface area contributed by atoms with Crippen molar-refractivity contribution in [3.8, 4) is 0 Å². The van der Waals surface area contributed by atoms with Crippen LogP contribution < -0.4 is 11.1 Å². The molecule has 4 nitrogen and oxygen atoms in total. The molecule has 0 saturated heterocycles. The van der Waals surface area contributed by atoms with Crippen LogP contribution in [0.2, 0.25) is 0 Å². The first-order valence-corrected chi connectivity index (χ1v) is 6.56. The third kappa shape index (κ3) is 3.75. The number of nitrogens with one attached hydrogen (secondary N) is 1. The number of benzene rings is 1. The molecular formula is C12H15FN4S. The maximum atomic E-state index is 13.0. The fraction of sp³-hybridized carbons (Fsp3) is 0.333. The first-order valence-electron chi connectivity index (χ1n) is 5.79. The predicted octanol–water partition coefficient (Wildman–Crippen LogP) is 2.03. The summed E-state index contributed by atoms with van der Waals surface area (Å²) < 4.78 is 17.3. The van der Waals surface area contributed by atoms with Crippen molar-refractivity contribution in [2.24, 2.45) is 5.73 Å². The van der Waals surface area contributed by atoms with Gasteiger partial charge in [-0.1, -0.05) is 12.1 Å². The number of hydrogen-bond donors (Lipinski definition) is 2. The van der Waals surface area contributed by atoms with Gasteiger partial charge < -0.3 is 11.1 Å². The van der Waals surface area contributed by atoms with Gasteiger partial charge in [0.1, 0.15) is 11.6 Å². The minimum absolute atomic E-state index is 0.232. The maximum Gasteiger partial charge on any atom is 0.202 e. The molecule has 1 heterocycles. The molecule has 0 aliphatic heterocycles. The van der Waals surface area contributed by atoms with Crippen molar-refractivity contribution in [1.29, 1.82) is 0 Å². The molecule has 0 bridgehead atoms. The number of nitrogens with two attached hydrogens (primary N) is 1. The normalized spacial score (nSPS) is 10.6. The van der Waals surface area contributed by atoms with Gasteiger partial charge in [0, 0.05) is 24.5 Å². The van der Waals surface area contributed by atoms with Crippen LogP contribution in [0.15, 0.2) is 24.3 Å². The van der Waals surface area contributed by atoms with Crippen molar-refractivity contribution in [1.82, 2.24) is 9.36 Å². The summed E-state index contributed by atoms with van der Waals surface area (Å²) in [6.45, 7) is 1.45. The van der Waals surface area contributed by atoms with E-state index in [1.165, 1.54) is 23.7 Å². The van der Waals surface area contributed by atoms with E-state index in [0.717, 1.165) is 23.7 Å². The Bertz CT molecular complexity index is 500. The molecule has 0 radical (unpaired) electrons. The molecule has 0 atom stereocenters. The fourth-order valence-corrected chi connectivity index (χ4v) is 2.13. The first kappa shape index (κ1) is 12.9. The average Bonchev–Trinajstić information content (AvgIpc) is 2.77. The van der Waals surface area contributed by atoms with E-state index in [-0.39, 0.29) is 5.82 Å². The molecule has 0 aliphatic carbocycles. The molecule has 96 valence electrons. The summed E-state index contributed by atoms with van der Waals surface area (Å²) in [6, 6.07) is 6.49. The van der Waals surface area contributed by atoms with Crippen molar-refractivity contribution in [2.75, 3.05) is 18.4 Å². The Labute approximate surface area is 109 Å². The van der Waals surface area contributed by atoms with Crippen LogP contribution in [0.5, 0.6) is 0 Å². The van der Waals surface area contributed by atoms with E-state index in [4.69, 9.17) is 5.73 Å². The van der Waals surface area contributed by atoms with Crippen LogP contribution in [0, 0.1) is 5.82 Å². The van der Waals surface area contributed by atoms with Gasteiger partial charge in [-0.15, -0.1) is 0 Å². The largest absolute Gasteiger partial charge is 0.360 e. The van der Waals surface area contributed by atoms with Crippen LogP contribution in [0.4, 0.5) is 9.52 Å². The Balaban J connectivity index is 1.94. The topological polar surface area (TPSA) is 63.8 Å². The summed E-state index contributed by atoms with van der Waals surface area (Å²) in [4.78, 5) is 4.34. The van der Waals surface area contributed by atoms with E-state index < -0.39 is 0 Å². The average molecular weight is 266 g/mol. The van der Waals surface area contributed by atoms with E-state index >= 15 is 0 Å². The van der Waals surface area contributed by atoms with E-state index in [1.807, 2.05) is 6.07 Å². The zero-order valence-corrected chi connectivity index (χ0v) is 10.7. The Morgan fingerprint density at radius 3 is 3.06 bits per heavy atom. The van der Waals surface area contributed by atoms with Gasteiger partial charge in [0.25, 0.3) is 0 Å². The van der Waals surface area contributed by atoms with Crippen LogP contribution in [0.3, 0.4) is 0 Å². The van der Waals surface area contributed by atoms with Crippen LogP contribution in [-0.4, -0.2) is 22.4 Å². The van der Waals surface area contributed by atoms with Gasteiger partial charge in [-0.25, -0.2) is 9.37 Å². The van der Waals surface area contributed by atoms with Gasteiger partial charge in [0.2, 0.25) is 5.13 Å². The van der Waals surface area contributed by atoms with Gasteiger partial charge in [-0.2, -0.15) is 4.37 Å². The number of hydrogen-bond acceptors (Lipinski definition) is 5. The molecule has 18 heavy (non-hydrogen) atoms. The molecule has 6 heteroatoms. The molecule has 1 aromatic heterocycles. The van der Waals surface area contributed by atoms with Crippen LogP contribution >= 0.6 is 11.5 Å². The smallest absolute Gasteiger partial charge is 0.202 e. The molecule has 0 amide bonds. The lowest BCUT2D eigenvalue weighted by molar-refractivity contribution is 0.626. The van der Waals surface area contributed by atoms with Crippen LogP contribution in [-0.2, 0) is 6.42 Å². The summed E-state index contributed by atoms with van der Waals surface area (Å²) in [7, 11) is 0. The number of halogens is 1. The Kier molecular flexibility index (Phi) is 4.60. The Morgan fingerprint density at radius 2 is 2.28 bits per heavy atom. The molecule has 1 aromatic carbocycles. The molecule has 0 spiro atoms. The highest BCUT2D eigenvalue weighted by Gasteiger charge is 2.05. The minimum atomic E-state index is -0.232. The SMILES string of the molecule is NCCCNc1nc(Cc2cccc(F)c2)ns1. The standard InChI is InChI=1S/C12H15FN4S/c13-10-4-1-3-9(7-10)8-11-16-12(18-17-11)15-6-2-5-14/h1,3-4,7H,2,5-6,8,14H2,(H,15,16,17). The summed E-state index contributed by atoms with van der Waals surface area (Å²) in [5.74, 6) is 0.477. The third-order valence-electron chi connectivity index (χ3n) is 2.38. The van der Waals surface area contributed by atoms with Gasteiger partial charge in [-0.05, 0) is 30.7 Å². The van der Waals surface area contributed by atoms with Crippen molar-refractivity contribution in [2.45, 2.75) is 12.8 Å². The van der Waals surface area contributed by atoms with Gasteiger partial charge in [-0.3, -0.25) is 0 Å². The van der Waals surface area contributed by atoms with Gasteiger partial charge >= 0.3 is 0 Å². The summed E-state index contributed by atoms with van der Waals surface area (Å²) in [5, 5.41) is 3.94. The highest BCUT2D eigenvalue weighted by molar-refractivity contribution is 7.09. The summed E-state index contributed by atoms with van der Waals surface area (Å²) in [5.41, 5.74) is 6.28. The van der Waals surface area contributed by atoms with E-state index in [9.17, 15) is 4.39 Å². The number of aromatic nitrogens is 2. The zero-order valence-electron chi connectivity index (χ0n) is 9.90. The van der Waals surface area contributed by atoms with Gasteiger partial charge in [0.05, 0.1) is 0 Å². The second-order valence-electron chi connectivity index (χ2n) is 3.89. The highest BCUT2D eigenvalue weighted by atomic mass is 32.1. The molecule has 0 unspecified atom stereocenters. The Hall–Kier alpha value is -1.53. The van der Waals surface area contributed by atoms with Crippen molar-refractivity contribution in [3.63, 3.8) is 0 Å². The van der Waals surface area contributed by atoms with Crippen LogP contribution in [0.1, 0.15) is 17.8 Å². The molecule has 2 rings (SSSR count).